The van der Waals surface area contributed by atoms with Crippen molar-refractivity contribution < 1.29 is 9.59 Å². The fourth-order valence-electron chi connectivity index (χ4n) is 3.98. The predicted molar refractivity (Wildman–Crippen MR) is 91.4 cm³/mol. The number of rotatable bonds is 4. The van der Waals surface area contributed by atoms with E-state index in [1.54, 1.807) is 12.3 Å². The highest BCUT2D eigenvalue weighted by Crippen LogP contribution is 2.39. The predicted octanol–water partition coefficient (Wildman–Crippen LogP) is 2.30. The normalized spacial score (nSPS) is 24.9. The number of hydrogen-bond donors (Lipinski definition) is 1. The minimum Gasteiger partial charge on any atom is -0.342 e. The number of nitrogens with zero attached hydrogens (tertiary/aromatic N) is 3. The van der Waals surface area contributed by atoms with Gasteiger partial charge in [-0.1, -0.05) is 13.8 Å². The maximum atomic E-state index is 12.6. The van der Waals surface area contributed by atoms with Gasteiger partial charge in [-0.2, -0.15) is 5.10 Å². The summed E-state index contributed by atoms with van der Waals surface area (Å²) in [4.78, 5) is 28.9. The van der Waals surface area contributed by atoms with Crippen LogP contribution in [0.15, 0.2) is 12.3 Å². The lowest BCUT2D eigenvalue weighted by Crippen LogP contribution is -2.55. The van der Waals surface area contributed by atoms with Crippen molar-refractivity contribution in [2.24, 2.45) is 11.3 Å². The van der Waals surface area contributed by atoms with Gasteiger partial charge in [0.15, 0.2) is 0 Å². The lowest BCUT2D eigenvalue weighted by Gasteiger charge is -2.48. The molecular weight excluding hydrogens is 304 g/mol. The summed E-state index contributed by atoms with van der Waals surface area (Å²) in [6, 6.07) is 1.73. The first-order valence-corrected chi connectivity index (χ1v) is 9.05. The van der Waals surface area contributed by atoms with E-state index in [1.165, 1.54) is 0 Å². The summed E-state index contributed by atoms with van der Waals surface area (Å²) in [6.45, 7) is 7.55. The molecule has 2 saturated heterocycles. The summed E-state index contributed by atoms with van der Waals surface area (Å²) in [6.07, 6.45) is 6.27. The van der Waals surface area contributed by atoms with Crippen molar-refractivity contribution in [2.45, 2.75) is 46.0 Å². The quantitative estimate of drug-likeness (QED) is 0.920. The van der Waals surface area contributed by atoms with E-state index >= 15 is 0 Å². The lowest BCUT2D eigenvalue weighted by atomic mass is 9.73. The zero-order chi connectivity index (χ0) is 17.2. The molecule has 1 N–H and O–H groups in total. The molecular formula is C18H28N4O2. The smallest absolute Gasteiger partial charge is 0.271 e. The molecule has 1 aromatic heterocycles. The van der Waals surface area contributed by atoms with Crippen molar-refractivity contribution in [2.75, 3.05) is 26.2 Å². The van der Waals surface area contributed by atoms with E-state index in [1.807, 2.05) is 9.80 Å². The third-order valence-electron chi connectivity index (χ3n) is 5.40. The average Bonchev–Trinajstić information content (AvgIpc) is 3.10. The van der Waals surface area contributed by atoms with Crippen LogP contribution in [0.3, 0.4) is 0 Å². The molecule has 0 aromatic carbocycles. The van der Waals surface area contributed by atoms with Crippen LogP contribution in [0, 0.1) is 11.3 Å². The van der Waals surface area contributed by atoms with E-state index in [0.29, 0.717) is 18.0 Å². The lowest BCUT2D eigenvalue weighted by molar-refractivity contribution is -0.139. The van der Waals surface area contributed by atoms with Crippen LogP contribution in [0.5, 0.6) is 0 Å². The Morgan fingerprint density at radius 2 is 2.21 bits per heavy atom. The van der Waals surface area contributed by atoms with Crippen molar-refractivity contribution in [3.05, 3.63) is 18.0 Å². The number of hydrogen-bond acceptors (Lipinski definition) is 3. The second-order valence-electron chi connectivity index (χ2n) is 7.80. The third-order valence-corrected chi connectivity index (χ3v) is 5.40. The number of H-pyrrole nitrogens is 1. The van der Waals surface area contributed by atoms with Gasteiger partial charge < -0.3 is 9.80 Å². The molecule has 1 aromatic rings. The molecule has 3 rings (SSSR count). The van der Waals surface area contributed by atoms with Crippen molar-refractivity contribution >= 4 is 11.8 Å². The fourth-order valence-corrected chi connectivity index (χ4v) is 3.98. The van der Waals surface area contributed by atoms with Crippen LogP contribution < -0.4 is 0 Å². The van der Waals surface area contributed by atoms with Crippen LogP contribution in [-0.2, 0) is 4.79 Å². The van der Waals surface area contributed by atoms with Crippen LogP contribution in [0.4, 0.5) is 0 Å². The van der Waals surface area contributed by atoms with Crippen molar-refractivity contribution in [1.82, 2.24) is 20.0 Å². The Labute approximate surface area is 143 Å². The summed E-state index contributed by atoms with van der Waals surface area (Å²) in [7, 11) is 0. The average molecular weight is 332 g/mol. The number of amides is 2. The van der Waals surface area contributed by atoms with E-state index < -0.39 is 0 Å². The second kappa shape index (κ2) is 6.95. The standard InChI is InChI=1S/C18H28N4O2/c1-14(2)6-11-21-12-18(8-4-16(21)23)7-3-10-22(13-18)17(24)15-5-9-19-20-15/h5,9,14H,3-4,6-8,10-13H2,1-2H3,(H,19,20)/t18-/m0/s1. The van der Waals surface area contributed by atoms with E-state index in [2.05, 4.69) is 24.0 Å². The number of aromatic amines is 1. The maximum absolute atomic E-state index is 12.6. The molecule has 0 radical (unpaired) electrons. The van der Waals surface area contributed by atoms with Gasteiger partial charge in [0.2, 0.25) is 5.91 Å². The Kier molecular flexibility index (Phi) is 4.92. The van der Waals surface area contributed by atoms with Crippen molar-refractivity contribution in [1.29, 1.82) is 0 Å². The third kappa shape index (κ3) is 3.62. The number of piperidine rings is 2. The van der Waals surface area contributed by atoms with Gasteiger partial charge in [-0.25, -0.2) is 0 Å². The van der Waals surface area contributed by atoms with Crippen LogP contribution in [0.25, 0.3) is 0 Å². The molecule has 2 amide bonds. The molecule has 0 bridgehead atoms. The summed E-state index contributed by atoms with van der Waals surface area (Å²) < 4.78 is 0. The largest absolute Gasteiger partial charge is 0.342 e. The Morgan fingerprint density at radius 3 is 2.92 bits per heavy atom. The van der Waals surface area contributed by atoms with Gasteiger partial charge >= 0.3 is 0 Å². The molecule has 1 spiro atoms. The highest BCUT2D eigenvalue weighted by Gasteiger charge is 2.42. The van der Waals surface area contributed by atoms with Gasteiger partial charge in [0.05, 0.1) is 0 Å². The molecule has 2 aliphatic rings. The topological polar surface area (TPSA) is 69.3 Å². The van der Waals surface area contributed by atoms with E-state index in [0.717, 1.165) is 51.9 Å². The highest BCUT2D eigenvalue weighted by molar-refractivity contribution is 5.92. The highest BCUT2D eigenvalue weighted by atomic mass is 16.2. The maximum Gasteiger partial charge on any atom is 0.271 e. The van der Waals surface area contributed by atoms with Crippen LogP contribution in [-0.4, -0.2) is 58.0 Å². The molecule has 0 saturated carbocycles. The van der Waals surface area contributed by atoms with Gasteiger partial charge in [0.25, 0.3) is 5.91 Å². The Hall–Kier alpha value is -1.85. The van der Waals surface area contributed by atoms with Gasteiger partial charge in [0, 0.05) is 44.2 Å². The zero-order valence-corrected chi connectivity index (χ0v) is 14.8. The van der Waals surface area contributed by atoms with E-state index in [4.69, 9.17) is 0 Å². The molecule has 0 unspecified atom stereocenters. The Balaban J connectivity index is 1.68. The Bertz CT molecular complexity index is 584. The molecule has 1 atom stereocenters. The molecule has 0 aliphatic carbocycles. The molecule has 2 aliphatic heterocycles. The first kappa shape index (κ1) is 17.0. The monoisotopic (exact) mass is 332 g/mol. The molecule has 2 fully saturated rings. The minimum atomic E-state index is 0.0252. The molecule has 6 heteroatoms. The SMILES string of the molecule is CC(C)CCN1C[C@]2(CCCN(C(=O)c3ccn[nH]3)C2)CCC1=O. The number of nitrogens with one attached hydrogen (secondary N) is 1. The van der Waals surface area contributed by atoms with E-state index in [9.17, 15) is 9.59 Å². The summed E-state index contributed by atoms with van der Waals surface area (Å²) >= 11 is 0. The molecule has 3 heterocycles. The first-order valence-electron chi connectivity index (χ1n) is 9.05. The van der Waals surface area contributed by atoms with Crippen molar-refractivity contribution in [3.63, 3.8) is 0 Å². The fraction of sp³-hybridized carbons (Fsp3) is 0.722. The van der Waals surface area contributed by atoms with Gasteiger partial charge in [-0.3, -0.25) is 14.7 Å². The summed E-state index contributed by atoms with van der Waals surface area (Å²) in [5, 5.41) is 6.65. The summed E-state index contributed by atoms with van der Waals surface area (Å²) in [5.74, 6) is 0.899. The number of carbonyl (C=O) groups is 2. The van der Waals surface area contributed by atoms with Gasteiger partial charge in [0.1, 0.15) is 5.69 Å². The zero-order valence-electron chi connectivity index (χ0n) is 14.8. The number of carbonyl (C=O) groups excluding carboxylic acids is 2. The Morgan fingerprint density at radius 1 is 1.38 bits per heavy atom. The van der Waals surface area contributed by atoms with Gasteiger partial charge in [-0.15, -0.1) is 0 Å². The first-order chi connectivity index (χ1) is 11.5. The van der Waals surface area contributed by atoms with Gasteiger partial charge in [-0.05, 0) is 37.7 Å². The van der Waals surface area contributed by atoms with E-state index in [-0.39, 0.29) is 17.2 Å². The van der Waals surface area contributed by atoms with Crippen LogP contribution in [0.2, 0.25) is 0 Å². The number of aromatic nitrogens is 2. The molecule has 132 valence electrons. The number of likely N-dealkylation sites (tertiary alicyclic amines) is 2. The summed E-state index contributed by atoms with van der Waals surface area (Å²) in [5.41, 5.74) is 0.620. The second-order valence-corrected chi connectivity index (χ2v) is 7.80. The van der Waals surface area contributed by atoms with Crippen molar-refractivity contribution in [3.8, 4) is 0 Å². The van der Waals surface area contributed by atoms with Crippen LogP contribution >= 0.6 is 0 Å². The molecule has 24 heavy (non-hydrogen) atoms. The minimum absolute atomic E-state index is 0.0252. The molecule has 6 nitrogen and oxygen atoms in total. The van der Waals surface area contributed by atoms with Crippen LogP contribution in [0.1, 0.15) is 56.4 Å².